The van der Waals surface area contributed by atoms with Crippen LogP contribution in [0.2, 0.25) is 0 Å². The van der Waals surface area contributed by atoms with Crippen LogP contribution in [0.25, 0.3) is 10.2 Å². The molecule has 0 fully saturated rings. The summed E-state index contributed by atoms with van der Waals surface area (Å²) in [5, 5.41) is 0. The van der Waals surface area contributed by atoms with Gasteiger partial charge in [0.1, 0.15) is 10.7 Å². The number of carbonyl (C=O) groups is 1. The van der Waals surface area contributed by atoms with Crippen molar-refractivity contribution >= 4 is 33.3 Å². The SMILES string of the molecule is COC(=O)c1cc2nc(N)ccc2s1. The molecule has 0 aliphatic heterocycles. The molecule has 2 N–H and O–H groups in total. The number of nitrogens with zero attached hydrogens (tertiary/aromatic N) is 1. The number of nitrogens with two attached hydrogens (primary N) is 1. The molecule has 2 heterocycles. The third-order valence-electron chi connectivity index (χ3n) is 1.78. The minimum Gasteiger partial charge on any atom is -0.465 e. The quantitative estimate of drug-likeness (QED) is 0.724. The lowest BCUT2D eigenvalue weighted by Crippen LogP contribution is -1.96. The molecule has 5 heteroatoms. The first-order valence-corrected chi connectivity index (χ1v) is 4.77. The fourth-order valence-electron chi connectivity index (χ4n) is 1.14. The number of pyridine rings is 1. The molecule has 0 saturated carbocycles. The lowest BCUT2D eigenvalue weighted by Gasteiger charge is -1.90. The van der Waals surface area contributed by atoms with Gasteiger partial charge >= 0.3 is 5.97 Å². The molecule has 2 rings (SSSR count). The van der Waals surface area contributed by atoms with Crippen molar-refractivity contribution in [3.8, 4) is 0 Å². The largest absolute Gasteiger partial charge is 0.465 e. The van der Waals surface area contributed by atoms with Crippen LogP contribution in [-0.2, 0) is 4.74 Å². The van der Waals surface area contributed by atoms with Gasteiger partial charge in [-0.25, -0.2) is 9.78 Å². The van der Waals surface area contributed by atoms with Crippen LogP contribution in [0.4, 0.5) is 5.82 Å². The molecule has 0 unspecified atom stereocenters. The highest BCUT2D eigenvalue weighted by Crippen LogP contribution is 2.25. The molecule has 0 aliphatic carbocycles. The van der Waals surface area contributed by atoms with Gasteiger partial charge in [-0.2, -0.15) is 0 Å². The van der Waals surface area contributed by atoms with Gasteiger partial charge in [-0.05, 0) is 18.2 Å². The number of methoxy groups -OCH3 is 1. The van der Waals surface area contributed by atoms with E-state index >= 15 is 0 Å². The highest BCUT2D eigenvalue weighted by molar-refractivity contribution is 7.20. The Balaban J connectivity index is 2.56. The molecule has 0 aliphatic rings. The van der Waals surface area contributed by atoms with Crippen molar-refractivity contribution < 1.29 is 9.53 Å². The number of hydrogen-bond donors (Lipinski definition) is 1. The van der Waals surface area contributed by atoms with Crippen LogP contribution in [0.5, 0.6) is 0 Å². The van der Waals surface area contributed by atoms with Crippen LogP contribution in [0.3, 0.4) is 0 Å². The van der Waals surface area contributed by atoms with E-state index in [9.17, 15) is 4.79 Å². The summed E-state index contributed by atoms with van der Waals surface area (Å²) in [5.41, 5.74) is 6.25. The van der Waals surface area contributed by atoms with E-state index in [0.29, 0.717) is 10.7 Å². The Morgan fingerprint density at radius 1 is 1.57 bits per heavy atom. The molecule has 0 spiro atoms. The van der Waals surface area contributed by atoms with Crippen molar-refractivity contribution in [2.45, 2.75) is 0 Å². The number of hydrogen-bond acceptors (Lipinski definition) is 5. The lowest BCUT2D eigenvalue weighted by molar-refractivity contribution is 0.0606. The van der Waals surface area contributed by atoms with E-state index < -0.39 is 0 Å². The number of ether oxygens (including phenoxy) is 1. The van der Waals surface area contributed by atoms with Crippen molar-refractivity contribution in [2.24, 2.45) is 0 Å². The first kappa shape index (κ1) is 8.96. The number of esters is 1. The van der Waals surface area contributed by atoms with E-state index in [1.807, 2.05) is 6.07 Å². The summed E-state index contributed by atoms with van der Waals surface area (Å²) in [4.78, 5) is 15.8. The first-order chi connectivity index (χ1) is 6.70. The smallest absolute Gasteiger partial charge is 0.348 e. The number of aromatic nitrogens is 1. The van der Waals surface area contributed by atoms with E-state index in [4.69, 9.17) is 5.73 Å². The fourth-order valence-corrected chi connectivity index (χ4v) is 2.06. The van der Waals surface area contributed by atoms with E-state index in [1.54, 1.807) is 12.1 Å². The maximum Gasteiger partial charge on any atom is 0.348 e. The standard InChI is InChI=1S/C9H8N2O2S/c1-13-9(12)7-4-5-6(14-7)2-3-8(10)11-5/h2-4H,1H3,(H2,10,11). The Morgan fingerprint density at radius 2 is 2.36 bits per heavy atom. The second-order valence-electron chi connectivity index (χ2n) is 2.72. The number of thiophene rings is 1. The monoisotopic (exact) mass is 208 g/mol. The number of fused-ring (bicyclic) bond motifs is 1. The van der Waals surface area contributed by atoms with Gasteiger partial charge < -0.3 is 10.5 Å². The predicted octanol–water partition coefficient (Wildman–Crippen LogP) is 1.67. The molecule has 0 saturated heterocycles. The normalized spacial score (nSPS) is 10.4. The number of rotatable bonds is 1. The fraction of sp³-hybridized carbons (Fsp3) is 0.111. The molecule has 0 atom stereocenters. The van der Waals surface area contributed by atoms with Crippen molar-refractivity contribution in [3.63, 3.8) is 0 Å². The van der Waals surface area contributed by atoms with E-state index in [-0.39, 0.29) is 5.97 Å². The third kappa shape index (κ3) is 1.42. The van der Waals surface area contributed by atoms with Gasteiger partial charge in [0, 0.05) is 0 Å². The zero-order valence-corrected chi connectivity index (χ0v) is 8.30. The molecule has 4 nitrogen and oxygen atoms in total. The lowest BCUT2D eigenvalue weighted by atomic mass is 10.3. The average Bonchev–Trinajstić information content (AvgIpc) is 2.59. The third-order valence-corrected chi connectivity index (χ3v) is 2.85. The molecule has 0 radical (unpaired) electrons. The minimum absolute atomic E-state index is 0.341. The van der Waals surface area contributed by atoms with Crippen LogP contribution in [0, 0.1) is 0 Å². The van der Waals surface area contributed by atoms with Gasteiger partial charge in [0.05, 0.1) is 17.3 Å². The Hall–Kier alpha value is -1.62. The minimum atomic E-state index is -0.341. The zero-order chi connectivity index (χ0) is 10.1. The highest BCUT2D eigenvalue weighted by Gasteiger charge is 2.10. The van der Waals surface area contributed by atoms with Crippen molar-refractivity contribution in [1.29, 1.82) is 0 Å². The van der Waals surface area contributed by atoms with Crippen LogP contribution in [-0.4, -0.2) is 18.1 Å². The summed E-state index contributed by atoms with van der Waals surface area (Å²) < 4.78 is 5.54. The first-order valence-electron chi connectivity index (χ1n) is 3.95. The average molecular weight is 208 g/mol. The van der Waals surface area contributed by atoms with Crippen LogP contribution in [0.1, 0.15) is 9.67 Å². The molecule has 0 aromatic carbocycles. The Bertz CT molecular complexity index is 493. The summed E-state index contributed by atoms with van der Waals surface area (Å²) in [6, 6.07) is 5.23. The number of anilines is 1. The second kappa shape index (κ2) is 3.26. The van der Waals surface area contributed by atoms with Crippen molar-refractivity contribution in [3.05, 3.63) is 23.1 Å². The predicted molar refractivity (Wildman–Crippen MR) is 55.4 cm³/mol. The second-order valence-corrected chi connectivity index (χ2v) is 3.81. The Kier molecular flexibility index (Phi) is 2.09. The van der Waals surface area contributed by atoms with Crippen LogP contribution < -0.4 is 5.73 Å². The summed E-state index contributed by atoms with van der Waals surface area (Å²) in [6.45, 7) is 0. The van der Waals surface area contributed by atoms with Crippen LogP contribution in [0.15, 0.2) is 18.2 Å². The van der Waals surface area contributed by atoms with Gasteiger partial charge in [0.25, 0.3) is 0 Å². The molecule has 14 heavy (non-hydrogen) atoms. The van der Waals surface area contributed by atoms with E-state index in [2.05, 4.69) is 9.72 Å². The van der Waals surface area contributed by atoms with E-state index in [1.165, 1.54) is 18.4 Å². The van der Waals surface area contributed by atoms with Crippen molar-refractivity contribution in [1.82, 2.24) is 4.98 Å². The highest BCUT2D eigenvalue weighted by atomic mass is 32.1. The summed E-state index contributed by atoms with van der Waals surface area (Å²) in [7, 11) is 1.36. The van der Waals surface area contributed by atoms with E-state index in [0.717, 1.165) is 10.2 Å². The maximum absolute atomic E-state index is 11.2. The molecule has 0 bridgehead atoms. The van der Waals surface area contributed by atoms with Gasteiger partial charge in [-0.1, -0.05) is 0 Å². The van der Waals surface area contributed by atoms with Gasteiger partial charge in [-0.15, -0.1) is 11.3 Å². The molecule has 2 aromatic rings. The van der Waals surface area contributed by atoms with Crippen LogP contribution >= 0.6 is 11.3 Å². The maximum atomic E-state index is 11.2. The molecule has 0 amide bonds. The van der Waals surface area contributed by atoms with Gasteiger partial charge in [0.15, 0.2) is 0 Å². The molecule has 2 aromatic heterocycles. The molecular weight excluding hydrogens is 200 g/mol. The van der Waals surface area contributed by atoms with Gasteiger partial charge in [0.2, 0.25) is 0 Å². The Morgan fingerprint density at radius 3 is 3.07 bits per heavy atom. The molecule has 72 valence electrons. The topological polar surface area (TPSA) is 65.2 Å². The van der Waals surface area contributed by atoms with Gasteiger partial charge in [-0.3, -0.25) is 0 Å². The Labute approximate surface area is 84.3 Å². The summed E-state index contributed by atoms with van der Waals surface area (Å²) in [5.74, 6) is 0.110. The summed E-state index contributed by atoms with van der Waals surface area (Å²) >= 11 is 1.35. The molecular formula is C9H8N2O2S. The number of nitrogen functional groups attached to an aromatic ring is 1. The summed E-state index contributed by atoms with van der Waals surface area (Å²) in [6.07, 6.45) is 0. The zero-order valence-electron chi connectivity index (χ0n) is 7.48. The number of carbonyl (C=O) groups excluding carboxylic acids is 1. The van der Waals surface area contributed by atoms with Crippen molar-refractivity contribution in [2.75, 3.05) is 12.8 Å².